The van der Waals surface area contributed by atoms with Crippen molar-refractivity contribution >= 4 is 35.3 Å². The Labute approximate surface area is 133 Å². The maximum atomic E-state index is 10.8. The normalized spacial score (nSPS) is 11.1. The molecule has 1 heterocycles. The van der Waals surface area contributed by atoms with Crippen LogP contribution in [-0.4, -0.2) is 16.7 Å². The monoisotopic (exact) mass is 323 g/mol. The lowest BCUT2D eigenvalue weighted by Crippen LogP contribution is -2.12. The number of hydrogen-bond acceptors (Lipinski definition) is 2. The van der Waals surface area contributed by atoms with Crippen molar-refractivity contribution in [2.24, 2.45) is 5.10 Å². The molecule has 2 aromatic rings. The number of nitrogens with zero attached hydrogens (tertiary/aromatic N) is 2. The minimum absolute atomic E-state index is 0.210. The number of carbonyl (C=O) groups excluding carboxylic acids is 1. The van der Waals surface area contributed by atoms with Crippen molar-refractivity contribution in [3.63, 3.8) is 0 Å². The summed E-state index contributed by atoms with van der Waals surface area (Å²) in [5, 5.41) is 5.13. The Morgan fingerprint density at radius 3 is 2.67 bits per heavy atom. The van der Waals surface area contributed by atoms with Crippen molar-refractivity contribution in [3.05, 3.63) is 51.3 Å². The molecule has 0 saturated heterocycles. The summed E-state index contributed by atoms with van der Waals surface area (Å²) in [4.78, 5) is 10.8. The zero-order valence-electron chi connectivity index (χ0n) is 11.9. The number of aromatic nitrogens is 1. The maximum Gasteiger partial charge on any atom is 0.236 e. The van der Waals surface area contributed by atoms with E-state index in [4.69, 9.17) is 23.2 Å². The summed E-state index contributed by atoms with van der Waals surface area (Å²) in [7, 11) is 0. The third kappa shape index (κ3) is 3.46. The Balaban J connectivity index is 2.46. The molecule has 21 heavy (non-hydrogen) atoms. The van der Waals surface area contributed by atoms with E-state index < -0.39 is 0 Å². The van der Waals surface area contributed by atoms with E-state index in [2.05, 4.69) is 10.5 Å². The topological polar surface area (TPSA) is 46.4 Å². The third-order valence-corrected chi connectivity index (χ3v) is 3.60. The van der Waals surface area contributed by atoms with E-state index in [1.807, 2.05) is 30.5 Å². The Morgan fingerprint density at radius 2 is 2.00 bits per heavy atom. The lowest BCUT2D eigenvalue weighted by molar-refractivity contribution is -0.118. The molecule has 6 heteroatoms. The van der Waals surface area contributed by atoms with Gasteiger partial charge in [0, 0.05) is 28.9 Å². The molecule has 4 nitrogen and oxygen atoms in total. The molecule has 0 unspecified atom stereocenters. The number of nitrogens with one attached hydrogen (secondary N) is 1. The van der Waals surface area contributed by atoms with Gasteiger partial charge in [0.15, 0.2) is 0 Å². The van der Waals surface area contributed by atoms with Crippen molar-refractivity contribution in [1.82, 2.24) is 9.99 Å². The second-order valence-electron chi connectivity index (χ2n) is 4.68. The first kappa shape index (κ1) is 15.6. The predicted molar refractivity (Wildman–Crippen MR) is 86.7 cm³/mol. The van der Waals surface area contributed by atoms with Crippen molar-refractivity contribution in [3.8, 4) is 5.69 Å². The average Bonchev–Trinajstić information content (AvgIpc) is 2.67. The molecule has 1 aromatic carbocycles. The van der Waals surface area contributed by atoms with Crippen LogP contribution in [-0.2, 0) is 4.79 Å². The van der Waals surface area contributed by atoms with Crippen LogP contribution < -0.4 is 5.43 Å². The second-order valence-corrected chi connectivity index (χ2v) is 5.53. The summed E-state index contributed by atoms with van der Waals surface area (Å²) in [6.07, 6.45) is 1.61. The van der Waals surface area contributed by atoms with E-state index >= 15 is 0 Å². The Bertz CT molecular complexity index is 720. The van der Waals surface area contributed by atoms with Crippen LogP contribution in [0.2, 0.25) is 10.0 Å². The van der Waals surface area contributed by atoms with Crippen LogP contribution in [0.15, 0.2) is 29.4 Å². The molecule has 1 amide bonds. The number of halogens is 2. The second kappa shape index (κ2) is 6.33. The zero-order valence-corrected chi connectivity index (χ0v) is 13.5. The number of aryl methyl sites for hydroxylation is 1. The molecule has 0 aliphatic rings. The number of hydrazone groups is 1. The Kier molecular flexibility index (Phi) is 4.70. The van der Waals surface area contributed by atoms with Crippen LogP contribution in [0.3, 0.4) is 0 Å². The fraction of sp³-hybridized carbons (Fsp3) is 0.200. The molecule has 0 aliphatic heterocycles. The standard InChI is InChI=1S/C15H15Cl2N3O/c1-9-6-12(8-18-19-11(3)21)10(2)20(9)15-7-13(16)4-5-14(15)17/h4-8H,1-3H3,(H,19,21)/b18-8+. The van der Waals surface area contributed by atoms with E-state index in [9.17, 15) is 4.79 Å². The SMILES string of the molecule is CC(=O)N/N=C/c1cc(C)n(-c2cc(Cl)ccc2Cl)c1C. The van der Waals surface area contributed by atoms with Gasteiger partial charge in [-0.05, 0) is 38.1 Å². The van der Waals surface area contributed by atoms with Crippen molar-refractivity contribution < 1.29 is 4.79 Å². The maximum absolute atomic E-state index is 10.8. The highest BCUT2D eigenvalue weighted by atomic mass is 35.5. The van der Waals surface area contributed by atoms with Crippen LogP contribution in [0.25, 0.3) is 5.69 Å². The van der Waals surface area contributed by atoms with Gasteiger partial charge in [-0.15, -0.1) is 0 Å². The van der Waals surface area contributed by atoms with Gasteiger partial charge in [-0.3, -0.25) is 4.79 Å². The quantitative estimate of drug-likeness (QED) is 0.676. The highest BCUT2D eigenvalue weighted by Gasteiger charge is 2.12. The molecule has 0 radical (unpaired) electrons. The number of hydrogen-bond donors (Lipinski definition) is 1. The Morgan fingerprint density at radius 1 is 1.29 bits per heavy atom. The molecule has 0 aliphatic carbocycles. The van der Waals surface area contributed by atoms with E-state index in [1.54, 1.807) is 18.3 Å². The minimum Gasteiger partial charge on any atom is -0.316 e. The summed E-state index contributed by atoms with van der Waals surface area (Å²) in [6.45, 7) is 5.34. The number of carbonyl (C=O) groups is 1. The molecular formula is C15H15Cl2N3O. The molecule has 1 aromatic heterocycles. The highest BCUT2D eigenvalue weighted by molar-refractivity contribution is 6.34. The first-order chi connectivity index (χ1) is 9.90. The number of amides is 1. The van der Waals surface area contributed by atoms with Crippen molar-refractivity contribution in [1.29, 1.82) is 0 Å². The number of rotatable bonds is 3. The lowest BCUT2D eigenvalue weighted by Gasteiger charge is -2.12. The van der Waals surface area contributed by atoms with E-state index in [0.29, 0.717) is 10.0 Å². The van der Waals surface area contributed by atoms with Crippen LogP contribution in [0.5, 0.6) is 0 Å². The third-order valence-electron chi connectivity index (χ3n) is 3.04. The Hall–Kier alpha value is -1.78. The number of benzene rings is 1. The minimum atomic E-state index is -0.210. The summed E-state index contributed by atoms with van der Waals surface area (Å²) < 4.78 is 2.00. The van der Waals surface area contributed by atoms with E-state index in [-0.39, 0.29) is 5.91 Å². The van der Waals surface area contributed by atoms with Gasteiger partial charge in [-0.2, -0.15) is 5.10 Å². The molecule has 0 fully saturated rings. The fourth-order valence-corrected chi connectivity index (χ4v) is 2.51. The summed E-state index contributed by atoms with van der Waals surface area (Å²) in [5.41, 5.74) is 6.07. The predicted octanol–water partition coefficient (Wildman–Crippen LogP) is 3.87. The molecule has 0 bridgehead atoms. The van der Waals surface area contributed by atoms with Crippen LogP contribution >= 0.6 is 23.2 Å². The fourth-order valence-electron chi connectivity index (χ4n) is 2.14. The van der Waals surface area contributed by atoms with Crippen LogP contribution in [0.1, 0.15) is 23.9 Å². The molecule has 2 rings (SSSR count). The van der Waals surface area contributed by atoms with Crippen LogP contribution in [0.4, 0.5) is 0 Å². The molecule has 0 spiro atoms. The van der Waals surface area contributed by atoms with Gasteiger partial charge in [0.25, 0.3) is 0 Å². The largest absolute Gasteiger partial charge is 0.316 e. The first-order valence-electron chi connectivity index (χ1n) is 6.34. The van der Waals surface area contributed by atoms with Gasteiger partial charge in [-0.25, -0.2) is 5.43 Å². The van der Waals surface area contributed by atoms with Crippen molar-refractivity contribution in [2.45, 2.75) is 20.8 Å². The molecule has 0 saturated carbocycles. The van der Waals surface area contributed by atoms with Gasteiger partial charge in [0.1, 0.15) is 0 Å². The van der Waals surface area contributed by atoms with Gasteiger partial charge in [0.2, 0.25) is 5.91 Å². The lowest BCUT2D eigenvalue weighted by atomic mass is 10.2. The highest BCUT2D eigenvalue weighted by Crippen LogP contribution is 2.28. The molecule has 110 valence electrons. The van der Waals surface area contributed by atoms with E-state index in [1.165, 1.54) is 6.92 Å². The molecule has 0 atom stereocenters. The van der Waals surface area contributed by atoms with Gasteiger partial charge < -0.3 is 4.57 Å². The van der Waals surface area contributed by atoms with Crippen LogP contribution in [0, 0.1) is 13.8 Å². The van der Waals surface area contributed by atoms with Gasteiger partial charge >= 0.3 is 0 Å². The van der Waals surface area contributed by atoms with Crippen molar-refractivity contribution in [2.75, 3.05) is 0 Å². The summed E-state index contributed by atoms with van der Waals surface area (Å²) >= 11 is 12.3. The summed E-state index contributed by atoms with van der Waals surface area (Å²) in [5.74, 6) is -0.210. The molecular weight excluding hydrogens is 309 g/mol. The smallest absolute Gasteiger partial charge is 0.236 e. The van der Waals surface area contributed by atoms with Gasteiger partial charge in [0.05, 0.1) is 16.9 Å². The summed E-state index contributed by atoms with van der Waals surface area (Å²) in [6, 6.07) is 7.31. The average molecular weight is 324 g/mol. The molecule has 1 N–H and O–H groups in total. The first-order valence-corrected chi connectivity index (χ1v) is 7.09. The van der Waals surface area contributed by atoms with Gasteiger partial charge in [-0.1, -0.05) is 23.2 Å². The van der Waals surface area contributed by atoms with E-state index in [0.717, 1.165) is 22.6 Å². The zero-order chi connectivity index (χ0) is 15.6.